The van der Waals surface area contributed by atoms with E-state index in [1.807, 2.05) is 18.2 Å². The van der Waals surface area contributed by atoms with E-state index in [2.05, 4.69) is 10.6 Å². The molecule has 0 bridgehead atoms. The van der Waals surface area contributed by atoms with E-state index in [0.717, 1.165) is 18.4 Å². The Morgan fingerprint density at radius 1 is 1.17 bits per heavy atom. The average molecular weight is 436 g/mol. The van der Waals surface area contributed by atoms with E-state index in [1.165, 1.54) is 0 Å². The van der Waals surface area contributed by atoms with Gasteiger partial charge < -0.3 is 20.3 Å². The van der Waals surface area contributed by atoms with Gasteiger partial charge in [0.15, 0.2) is 0 Å². The standard InChI is InChI=1S/C22H30ClN3O4/c1-22(2,3)30-21(29)25-15-19(27)24-14-16-10-12-26(13-11-16)20(28)9-8-17-6-4-5-7-18(17)23/h4-9,16H,10-15H2,1-3H3,(H,24,27)(H,25,29)/b9-8+. The van der Waals surface area contributed by atoms with Gasteiger partial charge in [-0.15, -0.1) is 0 Å². The molecule has 1 heterocycles. The number of carbonyl (C=O) groups excluding carboxylic acids is 3. The summed E-state index contributed by atoms with van der Waals surface area (Å²) in [4.78, 5) is 37.7. The van der Waals surface area contributed by atoms with Crippen LogP contribution in [0, 0.1) is 5.92 Å². The summed E-state index contributed by atoms with van der Waals surface area (Å²) >= 11 is 6.10. The Kier molecular flexibility index (Phi) is 8.72. The van der Waals surface area contributed by atoms with Crippen LogP contribution in [-0.2, 0) is 14.3 Å². The van der Waals surface area contributed by atoms with Crippen molar-refractivity contribution in [1.29, 1.82) is 0 Å². The second-order valence-corrected chi connectivity index (χ2v) is 8.69. The molecule has 1 aromatic rings. The second kappa shape index (κ2) is 11.0. The maximum Gasteiger partial charge on any atom is 0.408 e. The fourth-order valence-corrected chi connectivity index (χ4v) is 3.22. The Morgan fingerprint density at radius 2 is 1.83 bits per heavy atom. The third kappa shape index (κ3) is 8.45. The van der Waals surface area contributed by atoms with Gasteiger partial charge in [0, 0.05) is 30.7 Å². The van der Waals surface area contributed by atoms with E-state index in [0.29, 0.717) is 30.6 Å². The minimum atomic E-state index is -0.616. The molecule has 0 atom stereocenters. The quantitative estimate of drug-likeness (QED) is 0.671. The number of hydrogen-bond acceptors (Lipinski definition) is 4. The Hall–Kier alpha value is -2.54. The Labute approximate surface area is 182 Å². The van der Waals surface area contributed by atoms with E-state index in [-0.39, 0.29) is 18.4 Å². The van der Waals surface area contributed by atoms with Crippen molar-refractivity contribution in [2.24, 2.45) is 5.92 Å². The number of benzene rings is 1. The zero-order valence-electron chi connectivity index (χ0n) is 17.7. The molecule has 0 aromatic heterocycles. The molecule has 1 aliphatic heterocycles. The number of carbonyl (C=O) groups is 3. The highest BCUT2D eigenvalue weighted by molar-refractivity contribution is 6.32. The molecule has 1 saturated heterocycles. The van der Waals surface area contributed by atoms with Gasteiger partial charge in [-0.25, -0.2) is 4.79 Å². The Morgan fingerprint density at radius 3 is 2.47 bits per heavy atom. The lowest BCUT2D eigenvalue weighted by Gasteiger charge is -2.31. The summed E-state index contributed by atoms with van der Waals surface area (Å²) in [5.74, 6) is -0.00641. The van der Waals surface area contributed by atoms with Crippen molar-refractivity contribution in [2.75, 3.05) is 26.2 Å². The fourth-order valence-electron chi connectivity index (χ4n) is 3.02. The molecule has 164 valence electrons. The molecule has 0 aliphatic carbocycles. The first-order chi connectivity index (χ1) is 14.1. The molecule has 0 radical (unpaired) electrons. The number of alkyl carbamates (subject to hydrolysis) is 1. The zero-order chi connectivity index (χ0) is 22.1. The van der Waals surface area contributed by atoms with Crippen LogP contribution in [0.3, 0.4) is 0 Å². The highest BCUT2D eigenvalue weighted by Crippen LogP contribution is 2.19. The zero-order valence-corrected chi connectivity index (χ0v) is 18.5. The first-order valence-corrected chi connectivity index (χ1v) is 10.5. The van der Waals surface area contributed by atoms with Gasteiger partial charge in [-0.05, 0) is 57.2 Å². The van der Waals surface area contributed by atoms with Crippen LogP contribution < -0.4 is 10.6 Å². The smallest absolute Gasteiger partial charge is 0.408 e. The molecule has 2 rings (SSSR count). The summed E-state index contributed by atoms with van der Waals surface area (Å²) in [7, 11) is 0. The maximum absolute atomic E-state index is 12.4. The van der Waals surface area contributed by atoms with Gasteiger partial charge >= 0.3 is 6.09 Å². The predicted molar refractivity (Wildman–Crippen MR) is 117 cm³/mol. The minimum absolute atomic E-state index is 0.0426. The predicted octanol–water partition coefficient (Wildman–Crippen LogP) is 3.23. The topological polar surface area (TPSA) is 87.7 Å². The van der Waals surface area contributed by atoms with Gasteiger partial charge in [-0.2, -0.15) is 0 Å². The molecular formula is C22H30ClN3O4. The van der Waals surface area contributed by atoms with Crippen LogP contribution in [0.2, 0.25) is 5.02 Å². The lowest BCUT2D eigenvalue weighted by Crippen LogP contribution is -2.43. The number of likely N-dealkylation sites (tertiary alicyclic amines) is 1. The number of hydrogen-bond donors (Lipinski definition) is 2. The monoisotopic (exact) mass is 435 g/mol. The fraction of sp³-hybridized carbons (Fsp3) is 0.500. The third-order valence-corrected chi connectivity index (χ3v) is 4.96. The molecule has 0 saturated carbocycles. The molecule has 1 aromatic carbocycles. The highest BCUT2D eigenvalue weighted by Gasteiger charge is 2.22. The van der Waals surface area contributed by atoms with Crippen LogP contribution in [0.4, 0.5) is 4.79 Å². The van der Waals surface area contributed by atoms with Gasteiger partial charge in [0.05, 0.1) is 6.54 Å². The molecule has 7 nitrogen and oxygen atoms in total. The summed E-state index contributed by atoms with van der Waals surface area (Å²) in [5, 5.41) is 5.87. The number of halogens is 1. The van der Waals surface area contributed by atoms with Crippen LogP contribution in [0.15, 0.2) is 30.3 Å². The molecular weight excluding hydrogens is 406 g/mol. The van der Waals surface area contributed by atoms with E-state index < -0.39 is 11.7 Å². The van der Waals surface area contributed by atoms with Crippen LogP contribution in [0.1, 0.15) is 39.2 Å². The molecule has 0 spiro atoms. The van der Waals surface area contributed by atoms with Crippen molar-refractivity contribution < 1.29 is 19.1 Å². The SMILES string of the molecule is CC(C)(C)OC(=O)NCC(=O)NCC1CCN(C(=O)/C=C/c2ccccc2Cl)CC1. The van der Waals surface area contributed by atoms with E-state index in [4.69, 9.17) is 16.3 Å². The van der Waals surface area contributed by atoms with Crippen LogP contribution >= 0.6 is 11.6 Å². The van der Waals surface area contributed by atoms with Crippen molar-refractivity contribution in [3.8, 4) is 0 Å². The van der Waals surface area contributed by atoms with E-state index >= 15 is 0 Å². The number of piperidine rings is 1. The summed E-state index contributed by atoms with van der Waals surface area (Å²) in [6.07, 6.45) is 4.28. The van der Waals surface area contributed by atoms with Gasteiger partial charge in [0.1, 0.15) is 5.60 Å². The number of nitrogens with zero attached hydrogens (tertiary/aromatic N) is 1. The van der Waals surface area contributed by atoms with E-state index in [9.17, 15) is 14.4 Å². The first kappa shape index (κ1) is 23.7. The second-order valence-electron chi connectivity index (χ2n) is 8.28. The van der Waals surface area contributed by atoms with Crippen LogP contribution in [-0.4, -0.2) is 54.6 Å². The third-order valence-electron chi connectivity index (χ3n) is 4.62. The van der Waals surface area contributed by atoms with Crippen molar-refractivity contribution in [3.05, 3.63) is 40.9 Å². The normalized spacial score (nSPS) is 15.1. The largest absolute Gasteiger partial charge is 0.444 e. The molecule has 30 heavy (non-hydrogen) atoms. The molecule has 1 fully saturated rings. The van der Waals surface area contributed by atoms with Crippen LogP contribution in [0.5, 0.6) is 0 Å². The van der Waals surface area contributed by atoms with Gasteiger partial charge in [0.25, 0.3) is 0 Å². The lowest BCUT2D eigenvalue weighted by atomic mass is 9.96. The molecule has 1 aliphatic rings. The lowest BCUT2D eigenvalue weighted by molar-refractivity contribution is -0.127. The van der Waals surface area contributed by atoms with Crippen molar-refractivity contribution in [1.82, 2.24) is 15.5 Å². The van der Waals surface area contributed by atoms with Gasteiger partial charge in [-0.1, -0.05) is 29.8 Å². The Bertz CT molecular complexity index is 781. The molecule has 8 heteroatoms. The first-order valence-electron chi connectivity index (χ1n) is 10.1. The van der Waals surface area contributed by atoms with Crippen molar-refractivity contribution in [2.45, 2.75) is 39.2 Å². The molecule has 2 N–H and O–H groups in total. The minimum Gasteiger partial charge on any atom is -0.444 e. The number of rotatable bonds is 6. The summed E-state index contributed by atoms with van der Waals surface area (Å²) < 4.78 is 5.09. The van der Waals surface area contributed by atoms with Crippen molar-refractivity contribution >= 4 is 35.6 Å². The Balaban J connectivity index is 1.67. The van der Waals surface area contributed by atoms with Crippen LogP contribution in [0.25, 0.3) is 6.08 Å². The van der Waals surface area contributed by atoms with Gasteiger partial charge in [0.2, 0.25) is 11.8 Å². The number of amides is 3. The van der Waals surface area contributed by atoms with Crippen molar-refractivity contribution in [3.63, 3.8) is 0 Å². The van der Waals surface area contributed by atoms with E-state index in [1.54, 1.807) is 43.9 Å². The summed E-state index contributed by atoms with van der Waals surface area (Å²) in [6, 6.07) is 7.37. The molecule has 3 amide bonds. The highest BCUT2D eigenvalue weighted by atomic mass is 35.5. The molecule has 0 unspecified atom stereocenters. The maximum atomic E-state index is 12.4. The average Bonchev–Trinajstić information content (AvgIpc) is 2.69. The van der Waals surface area contributed by atoms with Gasteiger partial charge in [-0.3, -0.25) is 9.59 Å². The summed E-state index contributed by atoms with van der Waals surface area (Å²) in [5.41, 5.74) is 0.208. The summed E-state index contributed by atoms with van der Waals surface area (Å²) in [6.45, 7) is 6.96. The number of nitrogens with one attached hydrogen (secondary N) is 2. The number of ether oxygens (including phenoxy) is 1.